The average molecular weight is 267 g/mol. The van der Waals surface area contributed by atoms with Crippen molar-refractivity contribution < 1.29 is 9.53 Å². The summed E-state index contributed by atoms with van der Waals surface area (Å²) >= 11 is 0. The first-order chi connectivity index (χ1) is 9.08. The van der Waals surface area contributed by atoms with Gasteiger partial charge < -0.3 is 10.5 Å². The molecule has 0 aliphatic rings. The molecule has 2 atom stereocenters. The fraction of sp³-hybridized carbons (Fsp3) is 0.714. The number of Topliss-reactive ketones (excluding diaryl/α,β-unsaturated/α-hetero) is 1. The van der Waals surface area contributed by atoms with E-state index in [0.717, 1.165) is 18.5 Å². The molecule has 1 aromatic rings. The summed E-state index contributed by atoms with van der Waals surface area (Å²) in [5.41, 5.74) is 6.66. The molecule has 0 amide bonds. The number of carbonyl (C=O) groups excluding carboxylic acids is 1. The molecule has 0 aromatic carbocycles. The van der Waals surface area contributed by atoms with Gasteiger partial charge in [0.25, 0.3) is 0 Å². The van der Waals surface area contributed by atoms with E-state index < -0.39 is 6.04 Å². The fourth-order valence-corrected chi connectivity index (χ4v) is 1.82. The molecule has 0 aliphatic heterocycles. The van der Waals surface area contributed by atoms with Gasteiger partial charge in [0, 0.05) is 26.0 Å². The second-order valence-electron chi connectivity index (χ2n) is 4.93. The first-order valence-electron chi connectivity index (χ1n) is 6.89. The first kappa shape index (κ1) is 15.9. The Morgan fingerprint density at radius 1 is 1.58 bits per heavy atom. The van der Waals surface area contributed by atoms with Crippen LogP contribution in [0.4, 0.5) is 0 Å². The Morgan fingerprint density at radius 2 is 2.32 bits per heavy atom. The van der Waals surface area contributed by atoms with Crippen molar-refractivity contribution in [2.75, 3.05) is 13.7 Å². The maximum Gasteiger partial charge on any atom is 0.155 e. The predicted octanol–water partition coefficient (Wildman–Crippen LogP) is 1.72. The van der Waals surface area contributed by atoms with Gasteiger partial charge in [-0.05, 0) is 32.3 Å². The van der Waals surface area contributed by atoms with E-state index in [1.54, 1.807) is 7.11 Å². The molecule has 2 N–H and O–H groups in total. The van der Waals surface area contributed by atoms with Crippen molar-refractivity contribution >= 4 is 5.78 Å². The van der Waals surface area contributed by atoms with Crippen LogP contribution in [0.5, 0.6) is 0 Å². The molecule has 0 bridgehead atoms. The van der Waals surface area contributed by atoms with Crippen molar-refractivity contribution in [3.05, 3.63) is 18.0 Å². The highest BCUT2D eigenvalue weighted by Gasteiger charge is 2.15. The van der Waals surface area contributed by atoms with Crippen LogP contribution in [-0.4, -0.2) is 35.3 Å². The van der Waals surface area contributed by atoms with E-state index in [4.69, 9.17) is 10.5 Å². The van der Waals surface area contributed by atoms with Crippen molar-refractivity contribution in [1.29, 1.82) is 0 Å². The number of hydrogen-bond donors (Lipinski definition) is 1. The van der Waals surface area contributed by atoms with Crippen LogP contribution in [0.25, 0.3) is 0 Å². The Kier molecular flexibility index (Phi) is 6.73. The van der Waals surface area contributed by atoms with Crippen molar-refractivity contribution in [1.82, 2.24) is 9.78 Å². The van der Waals surface area contributed by atoms with Crippen LogP contribution in [0, 0.1) is 0 Å². The number of aromatic nitrogens is 2. The number of ether oxygens (including phenoxy) is 1. The topological polar surface area (TPSA) is 70.1 Å². The van der Waals surface area contributed by atoms with Crippen LogP contribution < -0.4 is 5.73 Å². The first-order valence-corrected chi connectivity index (χ1v) is 6.89. The molecule has 19 heavy (non-hydrogen) atoms. The molecule has 0 radical (unpaired) electrons. The van der Waals surface area contributed by atoms with Gasteiger partial charge in [0.05, 0.1) is 18.2 Å². The highest BCUT2D eigenvalue weighted by molar-refractivity contribution is 5.85. The molecule has 5 nitrogen and oxygen atoms in total. The van der Waals surface area contributed by atoms with Gasteiger partial charge in [-0.25, -0.2) is 0 Å². The second kappa shape index (κ2) is 8.07. The number of methoxy groups -OCH3 is 1. The second-order valence-corrected chi connectivity index (χ2v) is 4.93. The van der Waals surface area contributed by atoms with Crippen molar-refractivity contribution in [3.63, 3.8) is 0 Å². The zero-order valence-corrected chi connectivity index (χ0v) is 12.1. The third kappa shape index (κ3) is 5.12. The molecule has 2 unspecified atom stereocenters. The van der Waals surface area contributed by atoms with E-state index >= 15 is 0 Å². The minimum absolute atomic E-state index is 0.0468. The zero-order chi connectivity index (χ0) is 14.3. The van der Waals surface area contributed by atoms with Crippen LogP contribution in [0.2, 0.25) is 0 Å². The largest absolute Gasteiger partial charge is 0.385 e. The molecule has 0 saturated carbocycles. The molecular weight excluding hydrogens is 242 g/mol. The summed E-state index contributed by atoms with van der Waals surface area (Å²) in [5.74, 6) is 0.0468. The van der Waals surface area contributed by atoms with Crippen molar-refractivity contribution in [3.8, 4) is 0 Å². The average Bonchev–Trinajstić information content (AvgIpc) is 2.86. The highest BCUT2D eigenvalue weighted by Crippen LogP contribution is 2.10. The number of carbonyl (C=O) groups is 1. The molecular formula is C14H25N3O2. The van der Waals surface area contributed by atoms with Gasteiger partial charge in [-0.15, -0.1) is 0 Å². The number of nitrogens with two attached hydrogens (primary N) is 1. The third-order valence-corrected chi connectivity index (χ3v) is 3.34. The SMILES string of the molecule is CCC(C)n1ccc(CC(=O)C(N)CCCOC)n1. The summed E-state index contributed by atoms with van der Waals surface area (Å²) < 4.78 is 6.85. The normalized spacial score (nSPS) is 14.3. The third-order valence-electron chi connectivity index (χ3n) is 3.34. The Bertz CT molecular complexity index is 390. The molecule has 1 rings (SSSR count). The summed E-state index contributed by atoms with van der Waals surface area (Å²) in [7, 11) is 1.65. The van der Waals surface area contributed by atoms with Gasteiger partial charge in [0.15, 0.2) is 5.78 Å². The number of nitrogens with zero attached hydrogens (tertiary/aromatic N) is 2. The van der Waals surface area contributed by atoms with Crippen LogP contribution in [0.15, 0.2) is 12.3 Å². The molecule has 1 aromatic heterocycles. The van der Waals surface area contributed by atoms with Gasteiger partial charge in [-0.2, -0.15) is 5.10 Å². The lowest BCUT2D eigenvalue weighted by atomic mass is 10.0. The van der Waals surface area contributed by atoms with Gasteiger partial charge in [-0.1, -0.05) is 6.92 Å². The molecule has 108 valence electrons. The minimum Gasteiger partial charge on any atom is -0.385 e. The van der Waals surface area contributed by atoms with E-state index in [1.165, 1.54) is 0 Å². The standard InChI is InChI=1S/C14H25N3O2/c1-4-11(2)17-8-7-12(16-17)10-14(18)13(15)6-5-9-19-3/h7-8,11,13H,4-6,9-10,15H2,1-3H3. The fourth-order valence-electron chi connectivity index (χ4n) is 1.82. The van der Waals surface area contributed by atoms with E-state index in [0.29, 0.717) is 25.5 Å². The maximum atomic E-state index is 11.9. The Labute approximate surface area is 115 Å². The summed E-state index contributed by atoms with van der Waals surface area (Å²) in [6.45, 7) is 4.86. The molecule has 0 fully saturated rings. The summed E-state index contributed by atoms with van der Waals surface area (Å²) in [4.78, 5) is 11.9. The molecule has 0 spiro atoms. The van der Waals surface area contributed by atoms with E-state index in [9.17, 15) is 4.79 Å². The molecule has 0 saturated heterocycles. The van der Waals surface area contributed by atoms with Crippen molar-refractivity contribution in [2.45, 2.75) is 51.6 Å². The van der Waals surface area contributed by atoms with E-state index in [1.807, 2.05) is 16.9 Å². The summed E-state index contributed by atoms with van der Waals surface area (Å²) in [6.07, 6.45) is 4.74. The smallest absolute Gasteiger partial charge is 0.155 e. The molecule has 1 heterocycles. The van der Waals surface area contributed by atoms with Crippen LogP contribution >= 0.6 is 0 Å². The minimum atomic E-state index is -0.413. The van der Waals surface area contributed by atoms with Gasteiger partial charge in [-0.3, -0.25) is 9.48 Å². The number of hydrogen-bond acceptors (Lipinski definition) is 4. The Hall–Kier alpha value is -1.20. The monoisotopic (exact) mass is 267 g/mol. The van der Waals surface area contributed by atoms with Gasteiger partial charge in [0.2, 0.25) is 0 Å². The van der Waals surface area contributed by atoms with Gasteiger partial charge in [0.1, 0.15) is 0 Å². The van der Waals surface area contributed by atoms with Crippen LogP contribution in [0.1, 0.15) is 44.8 Å². The van der Waals surface area contributed by atoms with Crippen molar-refractivity contribution in [2.24, 2.45) is 5.73 Å². The molecule has 5 heteroatoms. The van der Waals surface area contributed by atoms with Gasteiger partial charge >= 0.3 is 0 Å². The Balaban J connectivity index is 2.45. The lowest BCUT2D eigenvalue weighted by molar-refractivity contribution is -0.119. The summed E-state index contributed by atoms with van der Waals surface area (Å²) in [6, 6.07) is 1.84. The number of ketones is 1. The predicted molar refractivity (Wildman–Crippen MR) is 75.0 cm³/mol. The Morgan fingerprint density at radius 3 is 2.95 bits per heavy atom. The lowest BCUT2D eigenvalue weighted by Gasteiger charge is -2.10. The van der Waals surface area contributed by atoms with Crippen LogP contribution in [-0.2, 0) is 16.0 Å². The summed E-state index contributed by atoms with van der Waals surface area (Å²) in [5, 5.41) is 4.42. The zero-order valence-electron chi connectivity index (χ0n) is 12.1. The number of rotatable bonds is 9. The highest BCUT2D eigenvalue weighted by atomic mass is 16.5. The van der Waals surface area contributed by atoms with E-state index in [2.05, 4.69) is 18.9 Å². The maximum absolute atomic E-state index is 11.9. The van der Waals surface area contributed by atoms with Crippen LogP contribution in [0.3, 0.4) is 0 Å². The quantitative estimate of drug-likeness (QED) is 0.692. The van der Waals surface area contributed by atoms with E-state index in [-0.39, 0.29) is 5.78 Å². The lowest BCUT2D eigenvalue weighted by Crippen LogP contribution is -2.32. The molecule has 0 aliphatic carbocycles.